The van der Waals surface area contributed by atoms with Crippen LogP contribution in [0.3, 0.4) is 0 Å². The molecule has 1 saturated heterocycles. The number of anilines is 1. The molecule has 1 aromatic rings. The van der Waals surface area contributed by atoms with Crippen molar-refractivity contribution >= 4 is 21.9 Å². The molecule has 10 heteroatoms. The van der Waals surface area contributed by atoms with E-state index in [1.54, 1.807) is 4.68 Å². The van der Waals surface area contributed by atoms with E-state index in [-0.39, 0.29) is 25.2 Å². The third kappa shape index (κ3) is 5.98. The fraction of sp³-hybridized carbons (Fsp3) is 0.733. The molecule has 1 aromatic heterocycles. The Bertz CT molecular complexity index is 701. The van der Waals surface area contributed by atoms with Crippen LogP contribution >= 0.6 is 0 Å². The van der Waals surface area contributed by atoms with Crippen LogP contribution in [0.5, 0.6) is 0 Å². The Morgan fingerprint density at radius 1 is 1.48 bits per heavy atom. The molecule has 1 aliphatic rings. The molecule has 0 radical (unpaired) electrons. The molecule has 1 fully saturated rings. The van der Waals surface area contributed by atoms with Gasteiger partial charge in [0.25, 0.3) is 0 Å². The predicted octanol–water partition coefficient (Wildman–Crippen LogP) is 0.629. The molecule has 2 N–H and O–H groups in total. The molecule has 0 saturated carbocycles. The van der Waals surface area contributed by atoms with E-state index in [2.05, 4.69) is 29.6 Å². The van der Waals surface area contributed by atoms with E-state index >= 15 is 0 Å². The van der Waals surface area contributed by atoms with E-state index < -0.39 is 10.0 Å². The summed E-state index contributed by atoms with van der Waals surface area (Å²) in [7, 11) is -3.25. The van der Waals surface area contributed by atoms with Crippen LogP contribution in [0, 0.1) is 12.8 Å². The highest BCUT2D eigenvalue weighted by Gasteiger charge is 2.26. The smallest absolute Gasteiger partial charge is 0.320 e. The number of nitrogens with one attached hydrogen (secondary N) is 2. The highest BCUT2D eigenvalue weighted by Crippen LogP contribution is 2.13. The molecule has 142 valence electrons. The summed E-state index contributed by atoms with van der Waals surface area (Å²) in [6, 6.07) is 1.44. The number of aromatic nitrogens is 2. The first kappa shape index (κ1) is 19.7. The molecule has 0 aliphatic carbocycles. The monoisotopic (exact) mass is 373 g/mol. The fourth-order valence-electron chi connectivity index (χ4n) is 2.62. The highest BCUT2D eigenvalue weighted by molar-refractivity contribution is 7.88. The van der Waals surface area contributed by atoms with Crippen molar-refractivity contribution in [3.63, 3.8) is 0 Å². The van der Waals surface area contributed by atoms with Crippen molar-refractivity contribution in [2.45, 2.75) is 33.4 Å². The van der Waals surface area contributed by atoms with Crippen molar-refractivity contribution in [2.75, 3.05) is 37.8 Å². The van der Waals surface area contributed by atoms with E-state index in [0.717, 1.165) is 5.69 Å². The normalized spacial score (nSPS) is 19.2. The first-order chi connectivity index (χ1) is 11.6. The van der Waals surface area contributed by atoms with Gasteiger partial charge in [-0.3, -0.25) is 5.32 Å². The number of hydrogen-bond donors (Lipinski definition) is 2. The van der Waals surface area contributed by atoms with Crippen molar-refractivity contribution in [2.24, 2.45) is 5.92 Å². The lowest BCUT2D eigenvalue weighted by Gasteiger charge is -2.31. The Labute approximate surface area is 148 Å². The molecule has 2 amide bonds. The molecule has 0 bridgehead atoms. The van der Waals surface area contributed by atoms with Crippen LogP contribution in [0.1, 0.15) is 19.5 Å². The van der Waals surface area contributed by atoms with Crippen molar-refractivity contribution in [1.82, 2.24) is 19.4 Å². The second-order valence-corrected chi connectivity index (χ2v) is 8.68. The van der Waals surface area contributed by atoms with Crippen LogP contribution in [0.15, 0.2) is 6.07 Å². The van der Waals surface area contributed by atoms with Gasteiger partial charge in [0.05, 0.1) is 24.7 Å². The van der Waals surface area contributed by atoms with Crippen molar-refractivity contribution in [1.29, 1.82) is 0 Å². The van der Waals surface area contributed by atoms with E-state index in [1.807, 2.05) is 13.0 Å². The number of ether oxygens (including phenoxy) is 1. The number of carbonyl (C=O) groups is 1. The van der Waals surface area contributed by atoms with E-state index in [0.29, 0.717) is 31.4 Å². The fourth-order valence-corrected chi connectivity index (χ4v) is 3.46. The summed E-state index contributed by atoms with van der Waals surface area (Å²) in [4.78, 5) is 12.1. The molecule has 2 rings (SSSR count). The topological polar surface area (TPSA) is 106 Å². The molecule has 0 aromatic carbocycles. The van der Waals surface area contributed by atoms with Crippen molar-refractivity contribution < 1.29 is 17.9 Å². The molecule has 25 heavy (non-hydrogen) atoms. The standard InChI is InChI=1S/C15H27N5O4S/c1-11(2)9-20-14(7-12(3)18-20)17-15(21)16-8-13-10-19(5-6-24-13)25(4,22)23/h7,11,13H,5-6,8-10H2,1-4H3,(H2,16,17,21)/t13-/m0/s1. The maximum absolute atomic E-state index is 12.1. The number of carbonyl (C=O) groups excluding carboxylic acids is 1. The van der Waals surface area contributed by atoms with Gasteiger partial charge in [0.2, 0.25) is 10.0 Å². The summed E-state index contributed by atoms with van der Waals surface area (Å²) in [5.74, 6) is 1.03. The van der Waals surface area contributed by atoms with Gasteiger partial charge in [-0.05, 0) is 12.8 Å². The lowest BCUT2D eigenvalue weighted by Crippen LogP contribution is -2.49. The molecule has 0 unspecified atom stereocenters. The first-order valence-electron chi connectivity index (χ1n) is 8.31. The molecule has 0 spiro atoms. The van der Waals surface area contributed by atoms with Gasteiger partial charge in [0.1, 0.15) is 5.82 Å². The van der Waals surface area contributed by atoms with Crippen molar-refractivity contribution in [3.8, 4) is 0 Å². The van der Waals surface area contributed by atoms with Gasteiger partial charge in [-0.15, -0.1) is 0 Å². The molecular formula is C15H27N5O4S. The van der Waals surface area contributed by atoms with Crippen molar-refractivity contribution in [3.05, 3.63) is 11.8 Å². The number of amides is 2. The molecule has 1 aliphatic heterocycles. The summed E-state index contributed by atoms with van der Waals surface area (Å²) in [5.41, 5.74) is 0.829. The minimum atomic E-state index is -3.25. The number of rotatable bonds is 6. The Hall–Kier alpha value is -1.65. The quantitative estimate of drug-likeness (QED) is 0.761. The summed E-state index contributed by atoms with van der Waals surface area (Å²) in [5, 5.41) is 9.87. The van der Waals surface area contributed by atoms with Gasteiger partial charge in [0, 0.05) is 32.2 Å². The summed E-state index contributed by atoms with van der Waals surface area (Å²) >= 11 is 0. The Morgan fingerprint density at radius 3 is 2.84 bits per heavy atom. The van der Waals surface area contributed by atoms with E-state index in [1.165, 1.54) is 10.6 Å². The van der Waals surface area contributed by atoms with E-state index in [4.69, 9.17) is 4.74 Å². The first-order valence-corrected chi connectivity index (χ1v) is 10.2. The minimum Gasteiger partial charge on any atom is -0.374 e. The molecule has 1 atom stereocenters. The Morgan fingerprint density at radius 2 is 2.20 bits per heavy atom. The molecule has 9 nitrogen and oxygen atoms in total. The zero-order valence-corrected chi connectivity index (χ0v) is 16.0. The molecular weight excluding hydrogens is 346 g/mol. The summed E-state index contributed by atoms with van der Waals surface area (Å²) in [6.07, 6.45) is 0.810. The van der Waals surface area contributed by atoms with Crippen LogP contribution in [0.25, 0.3) is 0 Å². The average molecular weight is 373 g/mol. The SMILES string of the molecule is Cc1cc(NC(=O)NC[C@H]2CN(S(C)(=O)=O)CCO2)n(CC(C)C)n1. The predicted molar refractivity (Wildman–Crippen MR) is 95.0 cm³/mol. The second kappa shape index (κ2) is 8.15. The minimum absolute atomic E-state index is 0.231. The zero-order chi connectivity index (χ0) is 18.6. The largest absolute Gasteiger partial charge is 0.374 e. The maximum atomic E-state index is 12.1. The second-order valence-electron chi connectivity index (χ2n) is 6.70. The van der Waals surface area contributed by atoms with Crippen LogP contribution in [-0.4, -0.2) is 67.1 Å². The number of morpholine rings is 1. The highest BCUT2D eigenvalue weighted by atomic mass is 32.2. The number of hydrogen-bond acceptors (Lipinski definition) is 5. The number of nitrogens with zero attached hydrogens (tertiary/aromatic N) is 3. The van der Waals surface area contributed by atoms with Crippen LogP contribution in [0.4, 0.5) is 10.6 Å². The van der Waals surface area contributed by atoms with E-state index in [9.17, 15) is 13.2 Å². The van der Waals surface area contributed by atoms with Gasteiger partial charge >= 0.3 is 6.03 Å². The lowest BCUT2D eigenvalue weighted by molar-refractivity contribution is 0.00167. The number of aryl methyl sites for hydroxylation is 1. The molecule has 2 heterocycles. The average Bonchev–Trinajstić information content (AvgIpc) is 2.83. The van der Waals surface area contributed by atoms with Gasteiger partial charge < -0.3 is 10.1 Å². The number of urea groups is 1. The third-order valence-corrected chi connectivity index (χ3v) is 5.01. The van der Waals surface area contributed by atoms with Gasteiger partial charge in [0.15, 0.2) is 0 Å². The van der Waals surface area contributed by atoms with Gasteiger partial charge in [-0.1, -0.05) is 13.8 Å². The Kier molecular flexibility index (Phi) is 6.42. The van der Waals surface area contributed by atoms with Gasteiger partial charge in [-0.2, -0.15) is 9.40 Å². The zero-order valence-electron chi connectivity index (χ0n) is 15.2. The maximum Gasteiger partial charge on any atom is 0.320 e. The lowest BCUT2D eigenvalue weighted by atomic mass is 10.2. The Balaban J connectivity index is 1.87. The van der Waals surface area contributed by atoms with Gasteiger partial charge in [-0.25, -0.2) is 17.9 Å². The summed E-state index contributed by atoms with van der Waals surface area (Å²) < 4.78 is 31.8. The number of sulfonamides is 1. The van der Waals surface area contributed by atoms with Crippen LogP contribution in [0.2, 0.25) is 0 Å². The van der Waals surface area contributed by atoms with Crippen LogP contribution < -0.4 is 10.6 Å². The third-order valence-electron chi connectivity index (χ3n) is 3.74. The summed E-state index contributed by atoms with van der Waals surface area (Å²) in [6.45, 7) is 7.87. The van der Waals surface area contributed by atoms with Crippen LogP contribution in [-0.2, 0) is 21.3 Å².